The van der Waals surface area contributed by atoms with Gasteiger partial charge in [0.1, 0.15) is 0 Å². The van der Waals surface area contributed by atoms with Gasteiger partial charge in [0.2, 0.25) is 0 Å². The van der Waals surface area contributed by atoms with E-state index in [9.17, 15) is 13.2 Å². The zero-order valence-corrected chi connectivity index (χ0v) is 11.6. The van der Waals surface area contributed by atoms with Gasteiger partial charge >= 0.3 is 6.18 Å². The lowest BCUT2D eigenvalue weighted by molar-refractivity contribution is -0.135. The van der Waals surface area contributed by atoms with Crippen LogP contribution < -0.4 is 5.32 Å². The molecule has 0 aromatic rings. The Hall–Kier alpha value is 0.100. The second-order valence-electron chi connectivity index (χ2n) is 4.42. The quantitative estimate of drug-likeness (QED) is 0.597. The van der Waals surface area contributed by atoms with Crippen LogP contribution in [0.1, 0.15) is 45.4 Å². The number of unbranched alkanes of at least 4 members (excludes halogenated alkanes) is 2. The molecule has 0 fully saturated rings. The van der Waals surface area contributed by atoms with Crippen LogP contribution in [0.3, 0.4) is 0 Å². The Morgan fingerprint density at radius 3 is 2.41 bits per heavy atom. The molecule has 5 heteroatoms. The molecule has 0 heterocycles. The fourth-order valence-electron chi connectivity index (χ4n) is 1.61. The summed E-state index contributed by atoms with van der Waals surface area (Å²) in [6.07, 6.45) is 1.80. The first-order chi connectivity index (χ1) is 7.95. The molecule has 0 rings (SSSR count). The highest BCUT2D eigenvalue weighted by Gasteiger charge is 2.26. The van der Waals surface area contributed by atoms with Crippen LogP contribution in [0.4, 0.5) is 13.2 Å². The zero-order chi connectivity index (χ0) is 13.1. The number of hydrogen-bond donors (Lipinski definition) is 1. The third-order valence-electron chi connectivity index (χ3n) is 2.62. The Balaban J connectivity index is 3.26. The average Bonchev–Trinajstić information content (AvgIpc) is 2.21. The van der Waals surface area contributed by atoms with Crippen LogP contribution >= 0.6 is 11.8 Å². The zero-order valence-electron chi connectivity index (χ0n) is 10.8. The monoisotopic (exact) mass is 271 g/mol. The molecule has 0 aliphatic carbocycles. The number of thioether (sulfide) groups is 1. The van der Waals surface area contributed by atoms with Crippen molar-refractivity contribution < 1.29 is 13.2 Å². The summed E-state index contributed by atoms with van der Waals surface area (Å²) in [5, 5.41) is 3.27. The van der Waals surface area contributed by atoms with Gasteiger partial charge in [-0.15, -0.1) is 0 Å². The average molecular weight is 271 g/mol. The summed E-state index contributed by atoms with van der Waals surface area (Å²) in [5.41, 5.74) is 0. The van der Waals surface area contributed by atoms with Crippen molar-refractivity contribution in [1.29, 1.82) is 0 Å². The predicted octanol–water partition coefficient (Wildman–Crippen LogP) is 4.23. The van der Waals surface area contributed by atoms with Crippen LogP contribution in [0, 0.1) is 0 Å². The summed E-state index contributed by atoms with van der Waals surface area (Å²) in [4.78, 5) is 0. The van der Waals surface area contributed by atoms with Crippen molar-refractivity contribution in [2.24, 2.45) is 0 Å². The van der Waals surface area contributed by atoms with E-state index in [1.54, 1.807) is 0 Å². The normalized spacial score (nSPS) is 13.9. The summed E-state index contributed by atoms with van der Waals surface area (Å²) in [6, 6.07) is 0.193. The first-order valence-corrected chi connectivity index (χ1v) is 7.64. The molecule has 104 valence electrons. The Morgan fingerprint density at radius 2 is 1.82 bits per heavy atom. The molecule has 0 bridgehead atoms. The fourth-order valence-corrected chi connectivity index (χ4v) is 2.10. The maximum Gasteiger partial charge on any atom is 0.389 e. The topological polar surface area (TPSA) is 12.0 Å². The largest absolute Gasteiger partial charge is 0.389 e. The lowest BCUT2D eigenvalue weighted by Crippen LogP contribution is -2.27. The van der Waals surface area contributed by atoms with Gasteiger partial charge in [-0.05, 0) is 51.2 Å². The Labute approximate surface area is 107 Å². The van der Waals surface area contributed by atoms with Gasteiger partial charge < -0.3 is 5.32 Å². The second kappa shape index (κ2) is 10.1. The Bertz CT molecular complexity index is 174. The number of hydrogen-bond acceptors (Lipinski definition) is 2. The Morgan fingerprint density at radius 1 is 1.12 bits per heavy atom. The maximum absolute atomic E-state index is 11.9. The summed E-state index contributed by atoms with van der Waals surface area (Å²) in [6.45, 7) is 2.87. The van der Waals surface area contributed by atoms with E-state index in [4.69, 9.17) is 0 Å². The number of rotatable bonds is 10. The molecule has 0 radical (unpaired) electrons. The molecule has 1 unspecified atom stereocenters. The molecular weight excluding hydrogens is 247 g/mol. The lowest BCUT2D eigenvalue weighted by atomic mass is 10.1. The maximum atomic E-state index is 11.9. The van der Waals surface area contributed by atoms with Gasteiger partial charge in [0.15, 0.2) is 0 Å². The molecule has 0 saturated carbocycles. The highest BCUT2D eigenvalue weighted by molar-refractivity contribution is 7.98. The molecule has 1 nitrogen and oxygen atoms in total. The highest BCUT2D eigenvalue weighted by atomic mass is 32.2. The Kier molecular flexibility index (Phi) is 10.1. The van der Waals surface area contributed by atoms with Crippen LogP contribution in [-0.4, -0.2) is 30.8 Å². The van der Waals surface area contributed by atoms with E-state index >= 15 is 0 Å². The van der Waals surface area contributed by atoms with Crippen molar-refractivity contribution in [3.8, 4) is 0 Å². The van der Waals surface area contributed by atoms with Crippen LogP contribution in [0.25, 0.3) is 0 Å². The van der Waals surface area contributed by atoms with Crippen molar-refractivity contribution in [3.05, 3.63) is 0 Å². The minimum atomic E-state index is -4.00. The molecule has 0 aliphatic rings. The molecule has 0 amide bonds. The van der Waals surface area contributed by atoms with Crippen LogP contribution in [-0.2, 0) is 0 Å². The minimum absolute atomic E-state index is 0.193. The minimum Gasteiger partial charge on any atom is -0.314 e. The number of nitrogens with one attached hydrogen (secondary N) is 1. The van der Waals surface area contributed by atoms with Crippen LogP contribution in [0.5, 0.6) is 0 Å². The van der Waals surface area contributed by atoms with Crippen molar-refractivity contribution >= 4 is 11.8 Å². The fraction of sp³-hybridized carbons (Fsp3) is 1.00. The van der Waals surface area contributed by atoms with Crippen molar-refractivity contribution in [2.75, 3.05) is 18.6 Å². The molecule has 0 aromatic carbocycles. The molecular formula is C12H24F3NS. The van der Waals surface area contributed by atoms with Crippen molar-refractivity contribution in [2.45, 2.75) is 57.7 Å². The summed E-state index contributed by atoms with van der Waals surface area (Å²) in [7, 11) is 0. The molecule has 17 heavy (non-hydrogen) atoms. The van der Waals surface area contributed by atoms with Gasteiger partial charge in [0.05, 0.1) is 0 Å². The summed E-state index contributed by atoms with van der Waals surface area (Å²) in [5.74, 6) is 1.20. The second-order valence-corrected chi connectivity index (χ2v) is 5.40. The van der Waals surface area contributed by atoms with Gasteiger partial charge in [0, 0.05) is 12.5 Å². The first kappa shape index (κ1) is 17.1. The number of halogens is 3. The summed E-state index contributed by atoms with van der Waals surface area (Å²) >= 11 is 1.85. The number of alkyl halides is 3. The third-order valence-corrected chi connectivity index (χ3v) is 3.31. The van der Waals surface area contributed by atoms with Crippen molar-refractivity contribution in [3.63, 3.8) is 0 Å². The lowest BCUT2D eigenvalue weighted by Gasteiger charge is -2.14. The first-order valence-electron chi connectivity index (χ1n) is 6.25. The van der Waals surface area contributed by atoms with E-state index in [1.807, 2.05) is 18.7 Å². The third kappa shape index (κ3) is 14.0. The van der Waals surface area contributed by atoms with E-state index < -0.39 is 12.6 Å². The van der Waals surface area contributed by atoms with E-state index in [0.717, 1.165) is 13.0 Å². The standard InChI is InChI=1S/C12H24F3NS/c1-11(7-6-8-12(13,14)15)16-9-4-3-5-10-17-2/h11,16H,3-10H2,1-2H3. The summed E-state index contributed by atoms with van der Waals surface area (Å²) < 4.78 is 35.7. The molecule has 0 saturated heterocycles. The van der Waals surface area contributed by atoms with E-state index in [2.05, 4.69) is 11.6 Å². The van der Waals surface area contributed by atoms with E-state index in [1.165, 1.54) is 18.6 Å². The van der Waals surface area contributed by atoms with E-state index in [-0.39, 0.29) is 12.5 Å². The van der Waals surface area contributed by atoms with Gasteiger partial charge in [-0.1, -0.05) is 6.42 Å². The smallest absolute Gasteiger partial charge is 0.314 e. The van der Waals surface area contributed by atoms with Crippen molar-refractivity contribution in [1.82, 2.24) is 5.32 Å². The van der Waals surface area contributed by atoms with E-state index in [0.29, 0.717) is 6.42 Å². The molecule has 0 aromatic heterocycles. The molecule has 1 N–H and O–H groups in total. The molecule has 0 aliphatic heterocycles. The van der Waals surface area contributed by atoms with Crippen LogP contribution in [0.15, 0.2) is 0 Å². The predicted molar refractivity (Wildman–Crippen MR) is 69.6 cm³/mol. The molecule has 0 spiro atoms. The van der Waals surface area contributed by atoms with Gasteiger partial charge in [-0.2, -0.15) is 24.9 Å². The molecule has 1 atom stereocenters. The van der Waals surface area contributed by atoms with Gasteiger partial charge in [-0.3, -0.25) is 0 Å². The highest BCUT2D eigenvalue weighted by Crippen LogP contribution is 2.22. The van der Waals surface area contributed by atoms with Crippen LogP contribution in [0.2, 0.25) is 0 Å². The van der Waals surface area contributed by atoms with Gasteiger partial charge in [-0.25, -0.2) is 0 Å². The van der Waals surface area contributed by atoms with Gasteiger partial charge in [0.25, 0.3) is 0 Å². The SMILES string of the molecule is CSCCCCCNC(C)CCCC(F)(F)F.